The summed E-state index contributed by atoms with van der Waals surface area (Å²) >= 11 is -2.21. The van der Waals surface area contributed by atoms with Crippen LogP contribution in [0.15, 0.2) is 25.4 Å². The van der Waals surface area contributed by atoms with Gasteiger partial charge < -0.3 is 8.86 Å². The summed E-state index contributed by atoms with van der Waals surface area (Å²) in [7, 11) is 0. The van der Waals surface area contributed by atoms with Gasteiger partial charge in [0, 0.05) is 24.0 Å². The van der Waals surface area contributed by atoms with Gasteiger partial charge in [-0.1, -0.05) is 12.7 Å². The summed E-state index contributed by atoms with van der Waals surface area (Å²) in [5, 5.41) is 0. The van der Waals surface area contributed by atoms with Crippen molar-refractivity contribution < 1.29 is 8.76 Å². The maximum absolute atomic E-state index is 10.1. The Morgan fingerprint density at radius 1 is 1.67 bits per heavy atom. The maximum atomic E-state index is 10.1. The molecule has 0 bridgehead atoms. The lowest BCUT2D eigenvalue weighted by atomic mass is 10.6. The van der Waals surface area contributed by atoms with Gasteiger partial charge in [0.05, 0.1) is 0 Å². The Morgan fingerprint density at radius 3 is 2.33 bits per heavy atom. The van der Waals surface area contributed by atoms with Crippen molar-refractivity contribution >= 4 is 11.3 Å². The molecule has 0 fully saturated rings. The van der Waals surface area contributed by atoms with Gasteiger partial charge in [-0.05, 0) is 0 Å². The van der Waals surface area contributed by atoms with Crippen molar-refractivity contribution in [1.29, 1.82) is 0 Å². The van der Waals surface area contributed by atoms with Crippen LogP contribution in [0.3, 0.4) is 0 Å². The van der Waals surface area contributed by atoms with E-state index in [4.69, 9.17) is 0 Å². The summed E-state index contributed by atoms with van der Waals surface area (Å²) in [6.45, 7) is 6.93. The summed E-state index contributed by atoms with van der Waals surface area (Å²) in [5.41, 5.74) is 0. The summed E-state index contributed by atoms with van der Waals surface area (Å²) in [6.07, 6.45) is 2.71. The van der Waals surface area contributed by atoms with Crippen LogP contribution in [-0.4, -0.2) is 19.6 Å². The molecule has 0 aromatic heterocycles. The van der Waals surface area contributed by atoms with Crippen LogP contribution in [0.1, 0.15) is 0 Å². The van der Waals surface area contributed by atoms with Gasteiger partial charge >= 0.3 is 0 Å². The SMILES string of the molecule is C=CCN(C=C)S(=O)[O-]. The normalized spacial score (nSPS) is 12.1. The van der Waals surface area contributed by atoms with Gasteiger partial charge in [0.25, 0.3) is 0 Å². The van der Waals surface area contributed by atoms with Crippen molar-refractivity contribution in [3.63, 3.8) is 0 Å². The first-order valence-electron chi connectivity index (χ1n) is 2.32. The van der Waals surface area contributed by atoms with E-state index in [9.17, 15) is 8.76 Å². The van der Waals surface area contributed by atoms with Gasteiger partial charge in [-0.25, -0.2) is 0 Å². The van der Waals surface area contributed by atoms with Crippen LogP contribution in [0.2, 0.25) is 0 Å². The first-order valence-corrected chi connectivity index (χ1v) is 3.35. The molecule has 0 saturated carbocycles. The summed E-state index contributed by atoms with van der Waals surface area (Å²) in [4.78, 5) is 0. The van der Waals surface area contributed by atoms with E-state index in [1.165, 1.54) is 12.3 Å². The maximum Gasteiger partial charge on any atom is 0.0479 e. The molecule has 52 valence electrons. The Bertz CT molecular complexity index is 135. The molecule has 0 saturated heterocycles. The van der Waals surface area contributed by atoms with Crippen molar-refractivity contribution in [2.24, 2.45) is 0 Å². The van der Waals surface area contributed by atoms with Crippen molar-refractivity contribution in [3.05, 3.63) is 25.4 Å². The molecular formula is C5H8NO2S-. The van der Waals surface area contributed by atoms with Gasteiger partial charge in [-0.3, -0.25) is 4.21 Å². The number of hydrogen-bond acceptors (Lipinski definition) is 2. The average molecular weight is 146 g/mol. The van der Waals surface area contributed by atoms with Crippen LogP contribution >= 0.6 is 0 Å². The summed E-state index contributed by atoms with van der Waals surface area (Å²) in [5.74, 6) is 0. The zero-order valence-electron chi connectivity index (χ0n) is 4.95. The second-order valence-electron chi connectivity index (χ2n) is 1.29. The summed E-state index contributed by atoms with van der Waals surface area (Å²) in [6, 6.07) is 0. The molecule has 9 heavy (non-hydrogen) atoms. The molecule has 4 heteroatoms. The minimum absolute atomic E-state index is 0.277. The van der Waals surface area contributed by atoms with Gasteiger partial charge in [-0.15, -0.1) is 6.58 Å². The second kappa shape index (κ2) is 4.29. The van der Waals surface area contributed by atoms with Crippen LogP contribution in [0.5, 0.6) is 0 Å². The second-order valence-corrected chi connectivity index (χ2v) is 2.19. The topological polar surface area (TPSA) is 43.4 Å². The molecule has 1 atom stereocenters. The zero-order chi connectivity index (χ0) is 7.28. The van der Waals surface area contributed by atoms with Crippen LogP contribution in [0.25, 0.3) is 0 Å². The monoisotopic (exact) mass is 146 g/mol. The molecule has 0 aromatic carbocycles. The van der Waals surface area contributed by atoms with E-state index >= 15 is 0 Å². The quantitative estimate of drug-likeness (QED) is 0.426. The highest BCUT2D eigenvalue weighted by atomic mass is 32.2. The minimum atomic E-state index is -2.21. The predicted molar refractivity (Wildman–Crippen MR) is 36.0 cm³/mol. The molecule has 1 unspecified atom stereocenters. The first-order chi connectivity index (χ1) is 4.22. The van der Waals surface area contributed by atoms with E-state index in [2.05, 4.69) is 13.2 Å². The minimum Gasteiger partial charge on any atom is -0.755 e. The highest BCUT2D eigenvalue weighted by Gasteiger charge is 1.90. The molecule has 0 spiro atoms. The molecule has 0 aromatic rings. The fourth-order valence-electron chi connectivity index (χ4n) is 0.323. The van der Waals surface area contributed by atoms with Crippen LogP contribution < -0.4 is 0 Å². The molecule has 0 aliphatic rings. The van der Waals surface area contributed by atoms with Crippen LogP contribution in [-0.2, 0) is 11.3 Å². The number of rotatable bonds is 4. The van der Waals surface area contributed by atoms with Gasteiger partial charge in [0.15, 0.2) is 0 Å². The third-order valence-electron chi connectivity index (χ3n) is 0.704. The molecule has 0 rings (SSSR count). The Kier molecular flexibility index (Phi) is 4.00. The third-order valence-corrected chi connectivity index (χ3v) is 1.39. The van der Waals surface area contributed by atoms with E-state index in [1.54, 1.807) is 0 Å². The molecule has 0 radical (unpaired) electrons. The average Bonchev–Trinajstić information content (AvgIpc) is 1.82. The smallest absolute Gasteiger partial charge is 0.0479 e. The van der Waals surface area contributed by atoms with Gasteiger partial charge in [0.2, 0.25) is 0 Å². The zero-order valence-corrected chi connectivity index (χ0v) is 5.76. The van der Waals surface area contributed by atoms with Gasteiger partial charge in [-0.2, -0.15) is 0 Å². The lowest BCUT2D eigenvalue weighted by Crippen LogP contribution is -2.18. The largest absolute Gasteiger partial charge is 0.755 e. The first kappa shape index (κ1) is 8.39. The molecule has 0 aliphatic heterocycles. The van der Waals surface area contributed by atoms with E-state index in [0.717, 1.165) is 4.31 Å². The highest BCUT2D eigenvalue weighted by Crippen LogP contribution is 1.90. The van der Waals surface area contributed by atoms with Crippen molar-refractivity contribution in [2.45, 2.75) is 0 Å². The predicted octanol–water partition coefficient (Wildman–Crippen LogP) is 0.412. The van der Waals surface area contributed by atoms with E-state index in [-0.39, 0.29) is 6.54 Å². The van der Waals surface area contributed by atoms with Gasteiger partial charge in [0.1, 0.15) is 0 Å². The van der Waals surface area contributed by atoms with E-state index < -0.39 is 11.3 Å². The fourth-order valence-corrected chi connectivity index (χ4v) is 0.672. The molecule has 0 N–H and O–H groups in total. The Morgan fingerprint density at radius 2 is 2.22 bits per heavy atom. The summed E-state index contributed by atoms with van der Waals surface area (Å²) < 4.78 is 21.3. The lowest BCUT2D eigenvalue weighted by molar-refractivity contribution is 0.473. The third kappa shape index (κ3) is 3.05. The Labute approximate surface area is 57.1 Å². The number of hydrogen-bond donors (Lipinski definition) is 0. The lowest BCUT2D eigenvalue weighted by Gasteiger charge is -2.19. The molecule has 3 nitrogen and oxygen atoms in total. The Hall–Kier alpha value is -0.610. The molecule has 0 amide bonds. The van der Waals surface area contributed by atoms with E-state index in [1.807, 2.05) is 0 Å². The molecule has 0 heterocycles. The number of nitrogens with zero attached hydrogens (tertiary/aromatic N) is 1. The highest BCUT2D eigenvalue weighted by molar-refractivity contribution is 7.76. The fraction of sp³-hybridized carbons (Fsp3) is 0.200. The molecular weight excluding hydrogens is 138 g/mol. The molecule has 0 aliphatic carbocycles. The van der Waals surface area contributed by atoms with E-state index in [0.29, 0.717) is 0 Å². The van der Waals surface area contributed by atoms with Crippen LogP contribution in [0.4, 0.5) is 0 Å². The van der Waals surface area contributed by atoms with Crippen molar-refractivity contribution in [1.82, 2.24) is 4.31 Å². The Balaban J connectivity index is 3.81. The van der Waals surface area contributed by atoms with Crippen LogP contribution in [0, 0.1) is 0 Å². The van der Waals surface area contributed by atoms with Crippen molar-refractivity contribution in [3.8, 4) is 0 Å². The standard InChI is InChI=1S/C5H9NO2S/c1-3-5-6(4-2)9(7)8/h3-4H,1-2,5H2,(H,7,8)/p-1. The van der Waals surface area contributed by atoms with Crippen molar-refractivity contribution in [2.75, 3.05) is 6.54 Å².